The van der Waals surface area contributed by atoms with Crippen molar-refractivity contribution in [1.82, 2.24) is 4.57 Å². The van der Waals surface area contributed by atoms with Crippen molar-refractivity contribution in [3.63, 3.8) is 0 Å². The van der Waals surface area contributed by atoms with Gasteiger partial charge in [-0.15, -0.1) is 0 Å². The van der Waals surface area contributed by atoms with Crippen LogP contribution in [0.25, 0.3) is 0 Å². The number of carbonyl (C=O) groups is 1. The number of rotatable bonds is 0. The van der Waals surface area contributed by atoms with Gasteiger partial charge in [-0.1, -0.05) is 0 Å². The van der Waals surface area contributed by atoms with E-state index in [1.807, 2.05) is 0 Å². The minimum absolute atomic E-state index is 0.0828. The Kier molecular flexibility index (Phi) is 1.27. The summed E-state index contributed by atoms with van der Waals surface area (Å²) in [7, 11) is 1.65. The molecule has 12 heavy (non-hydrogen) atoms. The summed E-state index contributed by atoms with van der Waals surface area (Å²) in [6, 6.07) is 1.41. The first-order chi connectivity index (χ1) is 5.66. The monoisotopic (exact) mass is 166 g/mol. The highest BCUT2D eigenvalue weighted by Crippen LogP contribution is 2.00. The first kappa shape index (κ1) is 7.02. The Hall–Kier alpha value is -1.65. The van der Waals surface area contributed by atoms with Crippen LogP contribution in [0, 0.1) is 0 Å². The number of carbonyl (C=O) groups excluding carboxylic acids is 1. The van der Waals surface area contributed by atoms with E-state index in [9.17, 15) is 9.59 Å². The van der Waals surface area contributed by atoms with E-state index >= 15 is 0 Å². The van der Waals surface area contributed by atoms with Crippen LogP contribution in [0.2, 0.25) is 0 Å². The summed E-state index contributed by atoms with van der Waals surface area (Å²) in [4.78, 5) is 22.0. The maximum Gasteiger partial charge on any atom is 0.314 e. The van der Waals surface area contributed by atoms with Crippen LogP contribution in [0.1, 0.15) is 0 Å². The first-order valence-corrected chi connectivity index (χ1v) is 3.57. The lowest BCUT2D eigenvalue weighted by Gasteiger charge is -1.94. The molecular formula is C7H8N3O2+. The number of nitrogens with one attached hydrogen (secondary N) is 1. The molecule has 5 heteroatoms. The van der Waals surface area contributed by atoms with Crippen LogP contribution >= 0.6 is 0 Å². The van der Waals surface area contributed by atoms with Gasteiger partial charge >= 0.3 is 11.5 Å². The zero-order valence-electron chi connectivity index (χ0n) is 6.57. The lowest BCUT2D eigenvalue weighted by atomic mass is 10.5. The number of fused-ring (bicyclic) bond motifs is 1. The fourth-order valence-corrected chi connectivity index (χ4v) is 1.20. The minimum Gasteiger partial charge on any atom is -0.253 e. The molecule has 5 nitrogen and oxygen atoms in total. The largest absolute Gasteiger partial charge is 0.314 e. The van der Waals surface area contributed by atoms with Crippen LogP contribution < -0.4 is 15.4 Å². The molecular weight excluding hydrogens is 158 g/mol. The number of hydrogen-bond donors (Lipinski definition) is 1. The maximum absolute atomic E-state index is 11.1. The van der Waals surface area contributed by atoms with E-state index in [-0.39, 0.29) is 11.5 Å². The molecule has 1 aromatic heterocycles. The van der Waals surface area contributed by atoms with Crippen molar-refractivity contribution in [2.75, 3.05) is 5.32 Å². The predicted molar refractivity (Wildman–Crippen MR) is 40.5 cm³/mol. The van der Waals surface area contributed by atoms with E-state index in [0.717, 1.165) is 0 Å². The van der Waals surface area contributed by atoms with E-state index in [1.54, 1.807) is 17.9 Å². The molecule has 0 saturated carbocycles. The topological polar surface area (TPSA) is 55.0 Å². The molecule has 2 heterocycles. The summed E-state index contributed by atoms with van der Waals surface area (Å²) in [6.45, 7) is 0.295. The number of aryl methyl sites for hydroxylation is 1. The standard InChI is InChI=1S/C7H7N3O2/c1-9-4-10-3-6(11)8-5(10)2-7(9)12/h2,4H,3H2,1H3/p+1. The second-order valence-corrected chi connectivity index (χ2v) is 2.77. The third-order valence-corrected chi connectivity index (χ3v) is 1.81. The summed E-state index contributed by atoms with van der Waals surface area (Å²) in [5.74, 6) is 0.490. The summed E-state index contributed by atoms with van der Waals surface area (Å²) < 4.78 is 3.13. The molecule has 0 unspecified atom stereocenters. The average molecular weight is 166 g/mol. The number of hydrogen-bond acceptors (Lipinski definition) is 2. The lowest BCUT2D eigenvalue weighted by molar-refractivity contribution is -0.668. The van der Waals surface area contributed by atoms with Crippen LogP contribution in [-0.2, 0) is 18.4 Å². The van der Waals surface area contributed by atoms with Crippen molar-refractivity contribution >= 4 is 11.7 Å². The molecule has 1 aliphatic heterocycles. The van der Waals surface area contributed by atoms with E-state index < -0.39 is 0 Å². The van der Waals surface area contributed by atoms with Gasteiger partial charge in [0.15, 0.2) is 12.9 Å². The Morgan fingerprint density at radius 3 is 3.08 bits per heavy atom. The van der Waals surface area contributed by atoms with Gasteiger partial charge < -0.3 is 0 Å². The lowest BCUT2D eigenvalue weighted by Crippen LogP contribution is -2.37. The van der Waals surface area contributed by atoms with Gasteiger partial charge in [0.1, 0.15) is 0 Å². The molecule has 0 fully saturated rings. The van der Waals surface area contributed by atoms with Gasteiger partial charge in [-0.3, -0.25) is 9.59 Å². The molecule has 0 aliphatic carbocycles. The van der Waals surface area contributed by atoms with Gasteiger partial charge in [0, 0.05) is 0 Å². The molecule has 1 aromatic rings. The summed E-state index contributed by atoms with van der Waals surface area (Å²) in [5, 5.41) is 2.58. The fraction of sp³-hybridized carbons (Fsp3) is 0.286. The quantitative estimate of drug-likeness (QED) is 0.483. The zero-order valence-corrected chi connectivity index (χ0v) is 6.57. The molecule has 0 radical (unpaired) electrons. The summed E-state index contributed by atoms with van der Waals surface area (Å²) >= 11 is 0. The van der Waals surface area contributed by atoms with Crippen molar-refractivity contribution in [3.05, 3.63) is 22.7 Å². The third-order valence-electron chi connectivity index (χ3n) is 1.81. The van der Waals surface area contributed by atoms with Crippen molar-refractivity contribution < 1.29 is 9.36 Å². The normalized spacial score (nSPS) is 14.2. The van der Waals surface area contributed by atoms with Gasteiger partial charge in [-0.25, -0.2) is 14.5 Å². The zero-order chi connectivity index (χ0) is 8.72. The van der Waals surface area contributed by atoms with E-state index in [0.29, 0.717) is 12.4 Å². The Morgan fingerprint density at radius 2 is 2.33 bits per heavy atom. The van der Waals surface area contributed by atoms with E-state index in [1.165, 1.54) is 10.6 Å². The van der Waals surface area contributed by atoms with Gasteiger partial charge in [-0.2, -0.15) is 0 Å². The van der Waals surface area contributed by atoms with E-state index in [2.05, 4.69) is 5.32 Å². The molecule has 0 spiro atoms. The Labute approximate surface area is 68.3 Å². The highest BCUT2D eigenvalue weighted by Gasteiger charge is 2.23. The van der Waals surface area contributed by atoms with Crippen LogP contribution in [-0.4, -0.2) is 10.5 Å². The van der Waals surface area contributed by atoms with Crippen LogP contribution in [0.15, 0.2) is 17.2 Å². The third kappa shape index (κ3) is 0.903. The molecule has 0 aromatic carbocycles. The number of anilines is 1. The van der Waals surface area contributed by atoms with Gasteiger partial charge in [0.25, 0.3) is 0 Å². The smallest absolute Gasteiger partial charge is 0.253 e. The summed E-state index contributed by atoms with van der Waals surface area (Å²) in [5.41, 5.74) is -0.122. The van der Waals surface area contributed by atoms with Gasteiger partial charge in [0.05, 0.1) is 13.1 Å². The minimum atomic E-state index is -0.122. The number of aromatic nitrogens is 2. The first-order valence-electron chi connectivity index (χ1n) is 3.57. The number of nitrogens with zero attached hydrogens (tertiary/aromatic N) is 2. The highest BCUT2D eigenvalue weighted by atomic mass is 16.2. The SMILES string of the molecule is Cn1c[n+]2c(cc1=O)NC(=O)C2. The van der Waals surface area contributed by atoms with Gasteiger partial charge in [-0.05, 0) is 0 Å². The molecule has 1 amide bonds. The average Bonchev–Trinajstić information content (AvgIpc) is 2.30. The molecule has 62 valence electrons. The fourth-order valence-electron chi connectivity index (χ4n) is 1.20. The second kappa shape index (κ2) is 2.17. The highest BCUT2D eigenvalue weighted by molar-refractivity contribution is 5.89. The molecule has 2 rings (SSSR count). The maximum atomic E-state index is 11.1. The molecule has 1 N–H and O–H groups in total. The molecule has 0 saturated heterocycles. The Bertz CT molecular complexity index is 408. The molecule has 0 atom stereocenters. The van der Waals surface area contributed by atoms with Crippen molar-refractivity contribution in [3.8, 4) is 0 Å². The van der Waals surface area contributed by atoms with Crippen molar-refractivity contribution in [2.45, 2.75) is 6.54 Å². The van der Waals surface area contributed by atoms with E-state index in [4.69, 9.17) is 0 Å². The van der Waals surface area contributed by atoms with Crippen LogP contribution in [0.3, 0.4) is 0 Å². The number of amides is 1. The van der Waals surface area contributed by atoms with Crippen LogP contribution in [0.5, 0.6) is 0 Å². The Balaban J connectivity index is 2.63. The van der Waals surface area contributed by atoms with Crippen molar-refractivity contribution in [1.29, 1.82) is 0 Å². The summed E-state index contributed by atoms with van der Waals surface area (Å²) in [6.07, 6.45) is 1.61. The second-order valence-electron chi connectivity index (χ2n) is 2.77. The molecule has 1 aliphatic rings. The van der Waals surface area contributed by atoms with Gasteiger partial charge in [0.2, 0.25) is 5.82 Å². The van der Waals surface area contributed by atoms with Crippen molar-refractivity contribution in [2.24, 2.45) is 7.05 Å². The van der Waals surface area contributed by atoms with Crippen LogP contribution in [0.4, 0.5) is 5.82 Å². The predicted octanol–water partition coefficient (Wildman–Crippen LogP) is -1.38. The molecule has 0 bridgehead atoms. The Morgan fingerprint density at radius 1 is 1.58 bits per heavy atom.